The molecule has 1 aromatic rings. The number of rotatable bonds is 9. The molecular weight excluding hydrogens is 266 g/mol. The smallest absolute Gasteiger partial charge is 0.219 e. The monoisotopic (exact) mass is 293 g/mol. The van der Waals surface area contributed by atoms with Crippen LogP contribution in [-0.4, -0.2) is 25.9 Å². The van der Waals surface area contributed by atoms with Gasteiger partial charge >= 0.3 is 0 Å². The fraction of sp³-hybridized carbons (Fsp3) is 0.588. The Morgan fingerprint density at radius 2 is 1.90 bits per heavy atom. The molecule has 4 nitrogen and oxygen atoms in total. The second-order valence-electron chi connectivity index (χ2n) is 5.21. The van der Waals surface area contributed by atoms with Crippen molar-refractivity contribution >= 4 is 5.91 Å². The fourth-order valence-corrected chi connectivity index (χ4v) is 1.94. The zero-order valence-corrected chi connectivity index (χ0v) is 13.5. The molecule has 118 valence electrons. The van der Waals surface area contributed by atoms with Crippen LogP contribution < -0.4 is 10.1 Å². The summed E-state index contributed by atoms with van der Waals surface area (Å²) in [5, 5.41) is 2.59. The number of amides is 1. The van der Waals surface area contributed by atoms with Gasteiger partial charge in [-0.05, 0) is 43.4 Å². The molecule has 1 rings (SSSR count). The van der Waals surface area contributed by atoms with Crippen LogP contribution in [0.25, 0.3) is 0 Å². The van der Waals surface area contributed by atoms with Crippen molar-refractivity contribution in [2.45, 2.75) is 52.2 Å². The number of benzene rings is 1. The van der Waals surface area contributed by atoms with Gasteiger partial charge in [0.2, 0.25) is 5.91 Å². The van der Waals surface area contributed by atoms with Crippen LogP contribution >= 0.6 is 0 Å². The summed E-state index contributed by atoms with van der Waals surface area (Å²) in [6.07, 6.45) is 1.99. The lowest BCUT2D eigenvalue weighted by Crippen LogP contribution is -2.20. The molecule has 0 heterocycles. The molecule has 0 aliphatic carbocycles. The minimum absolute atomic E-state index is 0.0350. The molecule has 0 aromatic heterocycles. The maximum Gasteiger partial charge on any atom is 0.219 e. The van der Waals surface area contributed by atoms with Gasteiger partial charge in [-0.15, -0.1) is 0 Å². The van der Waals surface area contributed by atoms with Gasteiger partial charge < -0.3 is 14.8 Å². The van der Waals surface area contributed by atoms with E-state index in [1.54, 1.807) is 7.05 Å². The number of carbonyl (C=O) groups excluding carboxylic acids is 1. The molecule has 0 aliphatic heterocycles. The molecule has 1 aromatic carbocycles. The standard InChI is InChI=1S/C17H27NO3/c1-5-13(2)15-8-10-16(11-9-15)21-14(3)20-12-6-7-17(19)18-4/h8-11,13-14H,5-7,12H2,1-4H3,(H,18,19). The van der Waals surface area contributed by atoms with E-state index in [1.807, 2.05) is 19.1 Å². The van der Waals surface area contributed by atoms with Crippen LogP contribution in [-0.2, 0) is 9.53 Å². The van der Waals surface area contributed by atoms with E-state index in [9.17, 15) is 4.79 Å². The van der Waals surface area contributed by atoms with Crippen molar-refractivity contribution in [2.75, 3.05) is 13.7 Å². The summed E-state index contributed by atoms with van der Waals surface area (Å²) >= 11 is 0. The highest BCUT2D eigenvalue weighted by Gasteiger charge is 2.07. The minimum Gasteiger partial charge on any atom is -0.465 e. The van der Waals surface area contributed by atoms with Crippen molar-refractivity contribution in [1.29, 1.82) is 0 Å². The van der Waals surface area contributed by atoms with Crippen LogP contribution in [0.4, 0.5) is 0 Å². The third kappa shape index (κ3) is 6.63. The van der Waals surface area contributed by atoms with Gasteiger partial charge in [0, 0.05) is 13.5 Å². The summed E-state index contributed by atoms with van der Waals surface area (Å²) in [5.74, 6) is 1.41. The number of hydrogen-bond donors (Lipinski definition) is 1. The lowest BCUT2D eigenvalue weighted by Gasteiger charge is -2.16. The van der Waals surface area contributed by atoms with E-state index in [1.165, 1.54) is 5.56 Å². The molecule has 0 saturated carbocycles. The molecule has 0 bridgehead atoms. The van der Waals surface area contributed by atoms with E-state index < -0.39 is 0 Å². The van der Waals surface area contributed by atoms with Gasteiger partial charge in [-0.1, -0.05) is 26.0 Å². The molecule has 0 aliphatic rings. The van der Waals surface area contributed by atoms with E-state index in [4.69, 9.17) is 9.47 Å². The molecule has 0 fully saturated rings. The molecule has 4 heteroatoms. The van der Waals surface area contributed by atoms with E-state index in [0.717, 1.165) is 12.2 Å². The zero-order valence-electron chi connectivity index (χ0n) is 13.5. The third-order valence-electron chi connectivity index (χ3n) is 3.54. The molecule has 0 saturated heterocycles. The van der Waals surface area contributed by atoms with Crippen LogP contribution in [0.1, 0.15) is 51.5 Å². The van der Waals surface area contributed by atoms with Crippen molar-refractivity contribution in [3.63, 3.8) is 0 Å². The molecule has 0 radical (unpaired) electrons. The van der Waals surface area contributed by atoms with Gasteiger partial charge in [-0.25, -0.2) is 0 Å². The normalized spacial score (nSPS) is 13.5. The first-order chi connectivity index (χ1) is 10.1. The fourth-order valence-electron chi connectivity index (χ4n) is 1.94. The summed E-state index contributed by atoms with van der Waals surface area (Å²) in [4.78, 5) is 11.1. The largest absolute Gasteiger partial charge is 0.465 e. The highest BCUT2D eigenvalue weighted by molar-refractivity contribution is 5.75. The number of nitrogens with one attached hydrogen (secondary N) is 1. The first kappa shape index (κ1) is 17.5. The lowest BCUT2D eigenvalue weighted by molar-refractivity contribution is -0.121. The summed E-state index contributed by atoms with van der Waals surface area (Å²) in [6, 6.07) is 8.15. The predicted octanol–water partition coefficient (Wildman–Crippen LogP) is 3.47. The Morgan fingerprint density at radius 3 is 2.48 bits per heavy atom. The quantitative estimate of drug-likeness (QED) is 0.560. The number of hydrogen-bond acceptors (Lipinski definition) is 3. The Balaban J connectivity index is 2.31. The molecule has 21 heavy (non-hydrogen) atoms. The van der Waals surface area contributed by atoms with Crippen molar-refractivity contribution in [3.8, 4) is 5.75 Å². The van der Waals surface area contributed by atoms with Crippen LogP contribution in [0.5, 0.6) is 5.75 Å². The Kier molecular flexibility index (Phi) is 7.83. The molecule has 2 atom stereocenters. The molecule has 1 amide bonds. The maximum atomic E-state index is 11.1. The third-order valence-corrected chi connectivity index (χ3v) is 3.54. The van der Waals surface area contributed by atoms with Gasteiger partial charge in [0.05, 0.1) is 6.61 Å². The summed E-state index contributed by atoms with van der Waals surface area (Å²) < 4.78 is 11.2. The predicted molar refractivity (Wildman–Crippen MR) is 84.5 cm³/mol. The molecular formula is C17H27NO3. The number of ether oxygens (including phenoxy) is 2. The first-order valence-electron chi connectivity index (χ1n) is 7.65. The average Bonchev–Trinajstić information content (AvgIpc) is 2.51. The van der Waals surface area contributed by atoms with Gasteiger partial charge in [0.15, 0.2) is 6.29 Å². The SMILES string of the molecule is CCC(C)c1ccc(OC(C)OCCCC(=O)NC)cc1. The van der Waals surface area contributed by atoms with E-state index in [2.05, 4.69) is 31.3 Å². The van der Waals surface area contributed by atoms with Crippen LogP contribution in [0.2, 0.25) is 0 Å². The van der Waals surface area contributed by atoms with Crippen LogP contribution in [0.15, 0.2) is 24.3 Å². The zero-order chi connectivity index (χ0) is 15.7. The van der Waals surface area contributed by atoms with Crippen LogP contribution in [0.3, 0.4) is 0 Å². The van der Waals surface area contributed by atoms with Gasteiger partial charge in [0.1, 0.15) is 5.75 Å². The second kappa shape index (κ2) is 9.40. The Bertz CT molecular complexity index is 417. The molecule has 0 spiro atoms. The van der Waals surface area contributed by atoms with Crippen molar-refractivity contribution < 1.29 is 14.3 Å². The first-order valence-corrected chi connectivity index (χ1v) is 7.65. The summed E-state index contributed by atoms with van der Waals surface area (Å²) in [5.41, 5.74) is 1.32. The lowest BCUT2D eigenvalue weighted by atomic mass is 9.99. The van der Waals surface area contributed by atoms with Gasteiger partial charge in [-0.2, -0.15) is 0 Å². The Morgan fingerprint density at radius 1 is 1.24 bits per heavy atom. The Labute approximate surface area is 127 Å². The van der Waals surface area contributed by atoms with Crippen molar-refractivity contribution in [2.24, 2.45) is 0 Å². The average molecular weight is 293 g/mol. The summed E-state index contributed by atoms with van der Waals surface area (Å²) in [6.45, 7) is 6.78. The molecule has 1 N–H and O–H groups in total. The second-order valence-corrected chi connectivity index (χ2v) is 5.21. The van der Waals surface area contributed by atoms with E-state index in [0.29, 0.717) is 25.4 Å². The summed E-state index contributed by atoms with van der Waals surface area (Å²) in [7, 11) is 1.64. The molecule has 2 unspecified atom stereocenters. The van der Waals surface area contributed by atoms with Crippen molar-refractivity contribution in [3.05, 3.63) is 29.8 Å². The topological polar surface area (TPSA) is 47.6 Å². The highest BCUT2D eigenvalue weighted by Crippen LogP contribution is 2.22. The van der Waals surface area contributed by atoms with Gasteiger partial charge in [0.25, 0.3) is 0 Å². The number of carbonyl (C=O) groups is 1. The van der Waals surface area contributed by atoms with E-state index >= 15 is 0 Å². The van der Waals surface area contributed by atoms with Crippen LogP contribution in [0, 0.1) is 0 Å². The van der Waals surface area contributed by atoms with Gasteiger partial charge in [-0.3, -0.25) is 4.79 Å². The van der Waals surface area contributed by atoms with Crippen molar-refractivity contribution in [1.82, 2.24) is 5.32 Å². The van der Waals surface area contributed by atoms with E-state index in [-0.39, 0.29) is 12.2 Å². The minimum atomic E-state index is -0.316. The maximum absolute atomic E-state index is 11.1. The Hall–Kier alpha value is -1.55. The highest BCUT2D eigenvalue weighted by atomic mass is 16.7.